The Morgan fingerprint density at radius 3 is 0.733 bits per heavy atom. The molecule has 154 valence electrons. The monoisotopic (exact) mass is 443 g/mol. The fraction of sp³-hybridized carbons (Fsp3) is 0. The van der Waals surface area contributed by atoms with Crippen LogP contribution < -0.4 is 0 Å². The van der Waals surface area contributed by atoms with Gasteiger partial charge in [-0.15, -0.1) is 0 Å². The fourth-order valence-corrected chi connectivity index (χ4v) is 1.74. The number of carbonyl (C=O) groups is 3. The molecule has 0 aromatic heterocycles. The third-order valence-corrected chi connectivity index (χ3v) is 3.06. The maximum absolute atomic E-state index is 10.2. The summed E-state index contributed by atoms with van der Waals surface area (Å²) in [5, 5.41) is 25.2. The molecule has 0 bridgehead atoms. The number of rotatable bonds is 3. The number of carbonyl (C=O) groups excluding carboxylic acids is 1. The van der Waals surface area contributed by atoms with Crippen LogP contribution in [0.5, 0.6) is 0 Å². The van der Waals surface area contributed by atoms with Gasteiger partial charge in [0.25, 0.3) is 0 Å². The molecule has 0 unspecified atom stereocenters. The van der Waals surface area contributed by atoms with Crippen molar-refractivity contribution < 1.29 is 56.2 Å². The van der Waals surface area contributed by atoms with Gasteiger partial charge in [0.05, 0.1) is 16.7 Å². The predicted molar refractivity (Wildman–Crippen MR) is 107 cm³/mol. The molecule has 3 N–H and O–H groups in total. The zero-order valence-electron chi connectivity index (χ0n) is 15.7. The summed E-state index contributed by atoms with van der Waals surface area (Å²) in [6.45, 7) is 3.25. The molecule has 3 rings (SSSR count). The third kappa shape index (κ3) is 12.8. The Balaban J connectivity index is 0. The minimum atomic E-state index is -0.879. The third-order valence-electron chi connectivity index (χ3n) is 3.06. The molecule has 0 aliphatic carbocycles. The van der Waals surface area contributed by atoms with Crippen LogP contribution in [0, 0.1) is 0 Å². The maximum atomic E-state index is 10.2. The zero-order valence-corrected chi connectivity index (χ0v) is 17.3. The Kier molecular flexibility index (Phi) is 16.8. The second kappa shape index (κ2) is 17.5. The molecular formula is C22H19O7Ti-. The van der Waals surface area contributed by atoms with Crippen molar-refractivity contribution in [2.45, 2.75) is 0 Å². The SMILES string of the molecule is O=C(O)c1ccccc1.O=C(O)c1ccccc1.O=C(O)c1ccccc1.[CH-]=O.[Ti]. The van der Waals surface area contributed by atoms with Crippen LogP contribution in [0.2, 0.25) is 0 Å². The van der Waals surface area contributed by atoms with Crippen LogP contribution in [0.25, 0.3) is 0 Å². The quantitative estimate of drug-likeness (QED) is 0.318. The van der Waals surface area contributed by atoms with E-state index in [0.29, 0.717) is 16.7 Å². The van der Waals surface area contributed by atoms with Crippen LogP contribution in [0.15, 0.2) is 91.0 Å². The van der Waals surface area contributed by atoms with E-state index in [-0.39, 0.29) is 21.7 Å². The summed E-state index contributed by atoms with van der Waals surface area (Å²) in [6.07, 6.45) is 0. The molecule has 0 amide bonds. The van der Waals surface area contributed by atoms with E-state index in [1.165, 1.54) is 0 Å². The van der Waals surface area contributed by atoms with Crippen LogP contribution >= 0.6 is 0 Å². The first kappa shape index (κ1) is 28.7. The minimum absolute atomic E-state index is 0. The Labute approximate surface area is 188 Å². The first-order chi connectivity index (χ1) is 13.9. The molecule has 3 aromatic carbocycles. The Hall–Kier alpha value is -3.55. The smallest absolute Gasteiger partial charge is 0.335 e. The standard InChI is InChI=1S/3C7H6O2.CHO.Ti/c3*8-7(9)6-4-2-1-3-5-6;1-2;/h3*1-5H,(H,8,9);1H;/q;;;-1;. The van der Waals surface area contributed by atoms with Crippen molar-refractivity contribution in [3.63, 3.8) is 0 Å². The largest absolute Gasteiger partial charge is 0.545 e. The summed E-state index contributed by atoms with van der Waals surface area (Å²) in [5.41, 5.74) is 0.993. The fourth-order valence-electron chi connectivity index (χ4n) is 1.74. The molecule has 3 aromatic rings. The summed E-state index contributed by atoms with van der Waals surface area (Å²) in [6, 6.07) is 24.9. The number of hydrogen-bond acceptors (Lipinski definition) is 4. The molecule has 7 nitrogen and oxygen atoms in total. The van der Waals surface area contributed by atoms with E-state index in [9.17, 15) is 14.4 Å². The van der Waals surface area contributed by atoms with Gasteiger partial charge in [-0.05, 0) is 36.4 Å². The summed E-state index contributed by atoms with van der Waals surface area (Å²) < 4.78 is 0. The van der Waals surface area contributed by atoms with Crippen molar-refractivity contribution in [3.05, 3.63) is 108 Å². The predicted octanol–water partition coefficient (Wildman–Crippen LogP) is 3.88. The van der Waals surface area contributed by atoms with Crippen LogP contribution in [0.1, 0.15) is 31.1 Å². The van der Waals surface area contributed by atoms with Gasteiger partial charge in [-0.2, -0.15) is 0 Å². The van der Waals surface area contributed by atoms with Gasteiger partial charge in [0.15, 0.2) is 0 Å². The van der Waals surface area contributed by atoms with E-state index in [1.54, 1.807) is 91.0 Å². The molecule has 0 aliphatic heterocycles. The van der Waals surface area contributed by atoms with Crippen LogP contribution in [-0.2, 0) is 26.5 Å². The van der Waals surface area contributed by atoms with Gasteiger partial charge in [-0.3, -0.25) is 6.79 Å². The molecule has 0 aliphatic rings. The molecule has 0 radical (unpaired) electrons. The normalized spacial score (nSPS) is 8.13. The molecular weight excluding hydrogens is 424 g/mol. The minimum Gasteiger partial charge on any atom is -0.545 e. The van der Waals surface area contributed by atoms with Crippen molar-refractivity contribution in [2.24, 2.45) is 0 Å². The van der Waals surface area contributed by atoms with Gasteiger partial charge in [0, 0.05) is 21.7 Å². The van der Waals surface area contributed by atoms with E-state index < -0.39 is 17.9 Å². The van der Waals surface area contributed by atoms with E-state index in [0.717, 1.165) is 0 Å². The molecule has 0 atom stereocenters. The van der Waals surface area contributed by atoms with Gasteiger partial charge in [-0.25, -0.2) is 14.4 Å². The van der Waals surface area contributed by atoms with Crippen LogP contribution in [0.4, 0.5) is 0 Å². The number of aromatic carboxylic acids is 3. The Morgan fingerprint density at radius 1 is 0.467 bits per heavy atom. The summed E-state index contributed by atoms with van der Waals surface area (Å²) in [5.74, 6) is -2.64. The first-order valence-electron chi connectivity index (χ1n) is 8.00. The van der Waals surface area contributed by atoms with E-state index in [4.69, 9.17) is 20.1 Å². The number of hydrogen-bond donors (Lipinski definition) is 3. The van der Waals surface area contributed by atoms with E-state index in [2.05, 4.69) is 6.79 Å². The van der Waals surface area contributed by atoms with Crippen molar-refractivity contribution in [1.29, 1.82) is 0 Å². The van der Waals surface area contributed by atoms with Crippen molar-refractivity contribution in [3.8, 4) is 0 Å². The van der Waals surface area contributed by atoms with Crippen molar-refractivity contribution in [2.75, 3.05) is 0 Å². The van der Waals surface area contributed by atoms with Crippen molar-refractivity contribution in [1.82, 2.24) is 0 Å². The molecule has 0 heterocycles. The van der Waals surface area contributed by atoms with E-state index in [1.807, 2.05) is 0 Å². The van der Waals surface area contributed by atoms with Gasteiger partial charge < -0.3 is 20.1 Å². The molecule has 30 heavy (non-hydrogen) atoms. The van der Waals surface area contributed by atoms with Gasteiger partial charge in [0.2, 0.25) is 0 Å². The first-order valence-corrected chi connectivity index (χ1v) is 8.00. The van der Waals surface area contributed by atoms with Gasteiger partial charge >= 0.3 is 17.9 Å². The average Bonchev–Trinajstić information content (AvgIpc) is 2.78. The second-order valence-electron chi connectivity index (χ2n) is 5.01. The molecule has 8 heteroatoms. The number of carboxylic acids is 3. The average molecular weight is 443 g/mol. The van der Waals surface area contributed by atoms with E-state index >= 15 is 0 Å². The van der Waals surface area contributed by atoms with Crippen LogP contribution in [0.3, 0.4) is 0 Å². The number of benzene rings is 3. The Bertz CT molecular complexity index is 752. The van der Waals surface area contributed by atoms with Gasteiger partial charge in [-0.1, -0.05) is 54.6 Å². The molecule has 0 saturated heterocycles. The Morgan fingerprint density at radius 2 is 0.633 bits per heavy atom. The van der Waals surface area contributed by atoms with Crippen LogP contribution in [-0.4, -0.2) is 40.0 Å². The maximum Gasteiger partial charge on any atom is 0.335 e. The van der Waals surface area contributed by atoms with Crippen molar-refractivity contribution >= 4 is 24.7 Å². The molecule has 0 saturated carbocycles. The summed E-state index contributed by atoms with van der Waals surface area (Å²) in [4.78, 5) is 38.4. The topological polar surface area (TPSA) is 129 Å². The second-order valence-corrected chi connectivity index (χ2v) is 5.01. The number of carboxylic acid groups (broad SMARTS) is 3. The zero-order chi connectivity index (χ0) is 22.1. The summed E-state index contributed by atoms with van der Waals surface area (Å²) >= 11 is 0. The molecule has 0 spiro atoms. The van der Waals surface area contributed by atoms with Gasteiger partial charge in [0.1, 0.15) is 0 Å². The molecule has 0 fully saturated rings. The summed E-state index contributed by atoms with van der Waals surface area (Å²) in [7, 11) is 0.